The predicted molar refractivity (Wildman–Crippen MR) is 87.8 cm³/mol. The van der Waals surface area contributed by atoms with E-state index in [0.717, 1.165) is 18.8 Å². The third-order valence-corrected chi connectivity index (χ3v) is 4.35. The molecule has 0 aromatic heterocycles. The van der Waals surface area contributed by atoms with Gasteiger partial charge < -0.3 is 10.0 Å². The quantitative estimate of drug-likeness (QED) is 0.808. The molecule has 1 aliphatic heterocycles. The maximum atomic E-state index is 8.78. The van der Waals surface area contributed by atoms with Crippen molar-refractivity contribution in [2.45, 2.75) is 44.9 Å². The van der Waals surface area contributed by atoms with Gasteiger partial charge >= 0.3 is 0 Å². The van der Waals surface area contributed by atoms with E-state index in [2.05, 4.69) is 36.1 Å². The summed E-state index contributed by atoms with van der Waals surface area (Å²) in [6, 6.07) is 8.84. The fraction of sp³-hybridized carbons (Fsp3) is 0.647. The highest BCUT2D eigenvalue weighted by molar-refractivity contribution is 5.85. The fourth-order valence-electron chi connectivity index (χ4n) is 3.14. The summed E-state index contributed by atoms with van der Waals surface area (Å²) in [5.41, 5.74) is 3.01. The lowest BCUT2D eigenvalue weighted by Crippen LogP contribution is -2.33. The van der Waals surface area contributed by atoms with Crippen molar-refractivity contribution >= 4 is 12.4 Å². The minimum absolute atomic E-state index is 0. The van der Waals surface area contributed by atoms with E-state index in [4.69, 9.17) is 5.11 Å². The SMILES string of the molecule is Cc1ccccc1C1CCN(CCCCCO)CC1.Cl. The Kier molecular flexibility index (Phi) is 8.20. The Balaban J connectivity index is 0.00000200. The standard InChI is InChI=1S/C17H27NO.ClH/c1-15-7-3-4-8-17(15)16-9-12-18(13-10-16)11-5-2-6-14-19;/h3-4,7-8,16,19H,2,5-6,9-14H2,1H3;1H. The number of aliphatic hydroxyl groups is 1. The van der Waals surface area contributed by atoms with Gasteiger partial charge in [-0.1, -0.05) is 24.3 Å². The highest BCUT2D eigenvalue weighted by Crippen LogP contribution is 2.30. The molecule has 1 saturated heterocycles. The summed E-state index contributed by atoms with van der Waals surface area (Å²) in [5, 5.41) is 8.78. The highest BCUT2D eigenvalue weighted by Gasteiger charge is 2.20. The van der Waals surface area contributed by atoms with Gasteiger partial charge in [0.2, 0.25) is 0 Å². The van der Waals surface area contributed by atoms with E-state index in [0.29, 0.717) is 6.61 Å². The minimum Gasteiger partial charge on any atom is -0.396 e. The van der Waals surface area contributed by atoms with Crippen LogP contribution in [0, 0.1) is 6.92 Å². The topological polar surface area (TPSA) is 23.5 Å². The number of halogens is 1. The normalized spacial score (nSPS) is 16.9. The third-order valence-electron chi connectivity index (χ3n) is 4.35. The van der Waals surface area contributed by atoms with E-state index < -0.39 is 0 Å². The summed E-state index contributed by atoms with van der Waals surface area (Å²) in [7, 11) is 0. The number of aliphatic hydroxyl groups excluding tert-OH is 1. The van der Waals surface area contributed by atoms with E-state index in [1.54, 1.807) is 5.56 Å². The summed E-state index contributed by atoms with van der Waals surface area (Å²) >= 11 is 0. The lowest BCUT2D eigenvalue weighted by Gasteiger charge is -2.32. The van der Waals surface area contributed by atoms with Gasteiger partial charge in [0, 0.05) is 6.61 Å². The number of hydrogen-bond donors (Lipinski definition) is 1. The number of likely N-dealkylation sites (tertiary alicyclic amines) is 1. The second kappa shape index (κ2) is 9.38. The molecule has 1 aromatic carbocycles. The van der Waals surface area contributed by atoms with Crippen molar-refractivity contribution < 1.29 is 5.11 Å². The van der Waals surface area contributed by atoms with Gasteiger partial charge in [-0.3, -0.25) is 0 Å². The first-order valence-electron chi connectivity index (χ1n) is 7.70. The molecule has 20 heavy (non-hydrogen) atoms. The van der Waals surface area contributed by atoms with Gasteiger partial charge in [0.05, 0.1) is 0 Å². The van der Waals surface area contributed by atoms with Crippen molar-refractivity contribution in [3.63, 3.8) is 0 Å². The summed E-state index contributed by atoms with van der Waals surface area (Å²) < 4.78 is 0. The van der Waals surface area contributed by atoms with Crippen molar-refractivity contribution in [2.75, 3.05) is 26.2 Å². The number of aryl methyl sites for hydroxylation is 1. The smallest absolute Gasteiger partial charge is 0.0431 e. The minimum atomic E-state index is 0. The molecule has 2 rings (SSSR count). The van der Waals surface area contributed by atoms with Gasteiger partial charge in [-0.05, 0) is 75.7 Å². The summed E-state index contributed by atoms with van der Waals surface area (Å²) in [5.74, 6) is 0.759. The molecule has 3 heteroatoms. The maximum Gasteiger partial charge on any atom is 0.0431 e. The van der Waals surface area contributed by atoms with Gasteiger partial charge in [-0.2, -0.15) is 0 Å². The van der Waals surface area contributed by atoms with Crippen LogP contribution in [0.1, 0.15) is 49.1 Å². The van der Waals surface area contributed by atoms with Crippen LogP contribution in [0.2, 0.25) is 0 Å². The molecule has 0 spiro atoms. The number of nitrogens with zero attached hydrogens (tertiary/aromatic N) is 1. The van der Waals surface area contributed by atoms with Crippen LogP contribution in [0.3, 0.4) is 0 Å². The van der Waals surface area contributed by atoms with E-state index in [9.17, 15) is 0 Å². The first-order valence-corrected chi connectivity index (χ1v) is 7.70. The Morgan fingerprint density at radius 2 is 1.80 bits per heavy atom. The van der Waals surface area contributed by atoms with E-state index >= 15 is 0 Å². The van der Waals surface area contributed by atoms with Gasteiger partial charge in [0.1, 0.15) is 0 Å². The average molecular weight is 298 g/mol. The molecule has 0 aliphatic carbocycles. The van der Waals surface area contributed by atoms with Crippen molar-refractivity contribution in [3.8, 4) is 0 Å². The van der Waals surface area contributed by atoms with E-state index in [-0.39, 0.29) is 12.4 Å². The largest absolute Gasteiger partial charge is 0.396 e. The molecule has 1 heterocycles. The fourth-order valence-corrected chi connectivity index (χ4v) is 3.14. The maximum absolute atomic E-state index is 8.78. The van der Waals surface area contributed by atoms with Crippen LogP contribution in [0.5, 0.6) is 0 Å². The number of benzene rings is 1. The molecular weight excluding hydrogens is 270 g/mol. The third kappa shape index (κ3) is 5.08. The van der Waals surface area contributed by atoms with Crippen LogP contribution >= 0.6 is 12.4 Å². The number of unbranched alkanes of at least 4 members (excludes halogenated alkanes) is 2. The molecule has 0 unspecified atom stereocenters. The van der Waals surface area contributed by atoms with Gasteiger partial charge in [-0.25, -0.2) is 0 Å². The average Bonchev–Trinajstić information content (AvgIpc) is 2.45. The Morgan fingerprint density at radius 3 is 2.45 bits per heavy atom. The first kappa shape index (κ1) is 17.5. The molecular formula is C17H28ClNO. The summed E-state index contributed by atoms with van der Waals surface area (Å²) in [4.78, 5) is 2.59. The molecule has 1 N–H and O–H groups in total. The zero-order valence-corrected chi connectivity index (χ0v) is 13.4. The van der Waals surface area contributed by atoms with Crippen LogP contribution in [-0.2, 0) is 0 Å². The summed E-state index contributed by atoms with van der Waals surface area (Å²) in [6.45, 7) is 6.25. The zero-order chi connectivity index (χ0) is 13.5. The molecule has 0 radical (unpaired) electrons. The molecule has 1 fully saturated rings. The molecule has 0 atom stereocenters. The number of piperidine rings is 1. The van der Waals surface area contributed by atoms with Gasteiger partial charge in [0.15, 0.2) is 0 Å². The number of rotatable bonds is 6. The second-order valence-corrected chi connectivity index (χ2v) is 5.76. The Hall–Kier alpha value is -0.570. The van der Waals surface area contributed by atoms with E-state index in [1.165, 1.54) is 44.5 Å². The lowest BCUT2D eigenvalue weighted by atomic mass is 9.87. The van der Waals surface area contributed by atoms with Gasteiger partial charge in [-0.15, -0.1) is 12.4 Å². The lowest BCUT2D eigenvalue weighted by molar-refractivity contribution is 0.204. The zero-order valence-electron chi connectivity index (χ0n) is 12.6. The van der Waals surface area contributed by atoms with Crippen LogP contribution in [-0.4, -0.2) is 36.2 Å². The molecule has 1 aromatic rings. The van der Waals surface area contributed by atoms with Gasteiger partial charge in [0.25, 0.3) is 0 Å². The van der Waals surface area contributed by atoms with Crippen molar-refractivity contribution in [3.05, 3.63) is 35.4 Å². The first-order chi connectivity index (χ1) is 9.31. The molecule has 114 valence electrons. The Morgan fingerprint density at radius 1 is 1.10 bits per heavy atom. The Bertz CT molecular complexity index is 375. The second-order valence-electron chi connectivity index (χ2n) is 5.76. The van der Waals surface area contributed by atoms with Crippen molar-refractivity contribution in [1.29, 1.82) is 0 Å². The van der Waals surface area contributed by atoms with Crippen LogP contribution in [0.15, 0.2) is 24.3 Å². The highest BCUT2D eigenvalue weighted by atomic mass is 35.5. The number of hydrogen-bond acceptors (Lipinski definition) is 2. The predicted octanol–water partition coefficient (Wildman–Crippen LogP) is 3.76. The van der Waals surface area contributed by atoms with Crippen molar-refractivity contribution in [1.82, 2.24) is 4.90 Å². The molecule has 2 nitrogen and oxygen atoms in total. The van der Waals surface area contributed by atoms with Crippen LogP contribution in [0.25, 0.3) is 0 Å². The molecule has 0 bridgehead atoms. The summed E-state index contributed by atoms with van der Waals surface area (Å²) in [6.07, 6.45) is 5.94. The van der Waals surface area contributed by atoms with Crippen molar-refractivity contribution in [2.24, 2.45) is 0 Å². The molecule has 0 saturated carbocycles. The Labute approximate surface area is 129 Å². The molecule has 1 aliphatic rings. The molecule has 0 amide bonds. The van der Waals surface area contributed by atoms with Crippen LogP contribution in [0.4, 0.5) is 0 Å². The monoisotopic (exact) mass is 297 g/mol. The van der Waals surface area contributed by atoms with Crippen LogP contribution < -0.4 is 0 Å². The van der Waals surface area contributed by atoms with E-state index in [1.807, 2.05) is 0 Å².